The number of fused-ring (bicyclic) bond motifs is 1. The zero-order chi connectivity index (χ0) is 18.4. The average molecular weight is 368 g/mol. The molecule has 0 saturated carbocycles. The predicted molar refractivity (Wildman–Crippen MR) is 86.3 cm³/mol. The summed E-state index contributed by atoms with van der Waals surface area (Å²) in [5, 5.41) is 20.8. The van der Waals surface area contributed by atoms with Crippen LogP contribution in [0.5, 0.6) is 0 Å². The van der Waals surface area contributed by atoms with Crippen molar-refractivity contribution in [2.45, 2.75) is 19.1 Å². The fraction of sp³-hybridized carbons (Fsp3) is 0.267. The van der Waals surface area contributed by atoms with Gasteiger partial charge in [0.1, 0.15) is 16.8 Å². The summed E-state index contributed by atoms with van der Waals surface area (Å²) in [5.74, 6) is 0. The molecule has 2 heterocycles. The highest BCUT2D eigenvalue weighted by Crippen LogP contribution is 2.40. The number of halogens is 3. The zero-order valence-corrected chi connectivity index (χ0v) is 13.4. The third kappa shape index (κ3) is 2.98. The molecule has 0 radical (unpaired) electrons. The topological polar surface area (TPSA) is 96.2 Å². The van der Waals surface area contributed by atoms with Gasteiger partial charge in [-0.2, -0.15) is 18.4 Å². The van der Waals surface area contributed by atoms with Crippen molar-refractivity contribution < 1.29 is 18.1 Å². The number of anilines is 2. The average Bonchev–Trinajstić information content (AvgIpc) is 2.87. The van der Waals surface area contributed by atoms with Crippen LogP contribution in [0.25, 0.3) is 0 Å². The molecule has 0 spiro atoms. The largest absolute Gasteiger partial charge is 0.416 e. The van der Waals surface area contributed by atoms with Crippen molar-refractivity contribution in [2.24, 2.45) is 0 Å². The van der Waals surface area contributed by atoms with Gasteiger partial charge in [-0.1, -0.05) is 0 Å². The van der Waals surface area contributed by atoms with Gasteiger partial charge in [0.05, 0.1) is 22.6 Å². The maximum atomic E-state index is 12.8. The van der Waals surface area contributed by atoms with Crippen LogP contribution < -0.4 is 10.6 Å². The van der Waals surface area contributed by atoms with E-state index in [4.69, 9.17) is 11.0 Å². The SMILES string of the molecule is N#Cc1c(N)sc2c1CCN(c1ccc(C(F)(F)F)cc1[N+](=O)[O-])C2. The maximum absolute atomic E-state index is 12.8. The molecule has 2 N–H and O–H groups in total. The normalized spacial score (nSPS) is 14.1. The van der Waals surface area contributed by atoms with Gasteiger partial charge in [0.25, 0.3) is 5.69 Å². The molecule has 0 amide bonds. The van der Waals surface area contributed by atoms with Crippen molar-refractivity contribution in [1.82, 2.24) is 0 Å². The Morgan fingerprint density at radius 3 is 2.72 bits per heavy atom. The van der Waals surface area contributed by atoms with Gasteiger partial charge >= 0.3 is 6.18 Å². The molecule has 130 valence electrons. The molecule has 1 aromatic heterocycles. The minimum Gasteiger partial charge on any atom is -0.389 e. The first-order valence-electron chi connectivity index (χ1n) is 7.13. The van der Waals surface area contributed by atoms with E-state index in [9.17, 15) is 23.3 Å². The standard InChI is InChI=1S/C15H11F3N4O2S/c16-15(17,18)8-1-2-11(12(5-8)22(23)24)21-4-3-9-10(6-19)14(20)25-13(9)7-21/h1-2,5H,3-4,7,20H2. The second-order valence-corrected chi connectivity index (χ2v) is 6.62. The highest BCUT2D eigenvalue weighted by atomic mass is 32.1. The van der Waals surface area contributed by atoms with Crippen LogP contribution in [0.3, 0.4) is 0 Å². The molecule has 0 bridgehead atoms. The quantitative estimate of drug-likeness (QED) is 0.644. The molecule has 0 unspecified atom stereocenters. The molecular weight excluding hydrogens is 357 g/mol. The summed E-state index contributed by atoms with van der Waals surface area (Å²) in [6, 6.07) is 4.55. The number of nitro groups is 1. The molecule has 0 fully saturated rings. The molecule has 1 aromatic carbocycles. The summed E-state index contributed by atoms with van der Waals surface area (Å²) >= 11 is 1.23. The van der Waals surface area contributed by atoms with Crippen molar-refractivity contribution in [3.8, 4) is 6.07 Å². The van der Waals surface area contributed by atoms with E-state index in [-0.39, 0.29) is 12.2 Å². The van der Waals surface area contributed by atoms with E-state index in [2.05, 4.69) is 0 Å². The van der Waals surface area contributed by atoms with Crippen molar-refractivity contribution in [2.75, 3.05) is 17.2 Å². The number of nitro benzene ring substituents is 1. The summed E-state index contributed by atoms with van der Waals surface area (Å²) in [7, 11) is 0. The van der Waals surface area contributed by atoms with Crippen LogP contribution in [-0.4, -0.2) is 11.5 Å². The summed E-state index contributed by atoms with van der Waals surface area (Å²) in [6.07, 6.45) is -4.20. The van der Waals surface area contributed by atoms with Gasteiger partial charge in [0.2, 0.25) is 0 Å². The van der Waals surface area contributed by atoms with Gasteiger partial charge in [0, 0.05) is 17.5 Å². The highest BCUT2D eigenvalue weighted by Gasteiger charge is 2.34. The monoisotopic (exact) mass is 368 g/mol. The number of thiophene rings is 1. The number of hydrogen-bond donors (Lipinski definition) is 1. The third-order valence-electron chi connectivity index (χ3n) is 4.04. The van der Waals surface area contributed by atoms with Gasteiger partial charge in [-0.25, -0.2) is 0 Å². The number of rotatable bonds is 2. The Labute approximate surface area is 144 Å². The van der Waals surface area contributed by atoms with Gasteiger partial charge < -0.3 is 10.6 Å². The molecule has 3 rings (SSSR count). The van der Waals surface area contributed by atoms with Crippen LogP contribution in [0, 0.1) is 21.4 Å². The molecule has 0 aliphatic carbocycles. The predicted octanol–water partition coefficient (Wildman–Crippen LogP) is 3.69. The Hall–Kier alpha value is -2.80. The Kier molecular flexibility index (Phi) is 4.04. The summed E-state index contributed by atoms with van der Waals surface area (Å²) < 4.78 is 38.4. The van der Waals surface area contributed by atoms with Crippen molar-refractivity contribution in [3.63, 3.8) is 0 Å². The van der Waals surface area contributed by atoms with Crippen molar-refractivity contribution >= 4 is 27.7 Å². The van der Waals surface area contributed by atoms with Crippen LogP contribution in [-0.2, 0) is 19.1 Å². The minimum atomic E-state index is -4.65. The molecule has 0 saturated heterocycles. The van der Waals surface area contributed by atoms with E-state index >= 15 is 0 Å². The van der Waals surface area contributed by atoms with E-state index in [1.54, 1.807) is 4.90 Å². The lowest BCUT2D eigenvalue weighted by Gasteiger charge is -2.28. The molecule has 10 heteroatoms. The molecule has 1 aliphatic heterocycles. The summed E-state index contributed by atoms with van der Waals surface area (Å²) in [6.45, 7) is 0.613. The molecule has 1 aliphatic rings. The molecule has 0 atom stereocenters. The Balaban J connectivity index is 2.00. The van der Waals surface area contributed by atoms with Crippen LogP contribution in [0.15, 0.2) is 18.2 Å². The molecular formula is C15H11F3N4O2S. The van der Waals surface area contributed by atoms with Crippen LogP contribution in [0.4, 0.5) is 29.5 Å². The Bertz CT molecular complexity index is 901. The first kappa shape index (κ1) is 17.0. The third-order valence-corrected chi connectivity index (χ3v) is 5.08. The lowest BCUT2D eigenvalue weighted by molar-refractivity contribution is -0.384. The number of nitrogens with zero attached hydrogens (tertiary/aromatic N) is 3. The number of alkyl halides is 3. The molecule has 2 aromatic rings. The number of nitrogens with two attached hydrogens (primary N) is 1. The van der Waals surface area contributed by atoms with Crippen LogP contribution in [0.1, 0.15) is 21.6 Å². The second-order valence-electron chi connectivity index (χ2n) is 5.48. The number of hydrogen-bond acceptors (Lipinski definition) is 6. The maximum Gasteiger partial charge on any atom is 0.416 e. The zero-order valence-electron chi connectivity index (χ0n) is 12.6. The number of nitrogen functional groups attached to an aromatic ring is 1. The van der Waals surface area contributed by atoms with Gasteiger partial charge in [-0.15, -0.1) is 11.3 Å². The van der Waals surface area contributed by atoms with E-state index in [0.29, 0.717) is 29.6 Å². The Morgan fingerprint density at radius 2 is 2.12 bits per heavy atom. The van der Waals surface area contributed by atoms with E-state index in [1.165, 1.54) is 11.3 Å². The van der Waals surface area contributed by atoms with Gasteiger partial charge in [0.15, 0.2) is 0 Å². The van der Waals surface area contributed by atoms with Gasteiger partial charge in [-0.05, 0) is 24.1 Å². The lowest BCUT2D eigenvalue weighted by Crippen LogP contribution is -2.30. The first-order chi connectivity index (χ1) is 11.7. The van der Waals surface area contributed by atoms with Crippen molar-refractivity contribution in [3.05, 3.63) is 49.9 Å². The summed E-state index contributed by atoms with van der Waals surface area (Å²) in [5.41, 5.74) is 5.50. The Morgan fingerprint density at radius 1 is 1.40 bits per heavy atom. The van der Waals surface area contributed by atoms with Gasteiger partial charge in [-0.3, -0.25) is 10.1 Å². The summed E-state index contributed by atoms with van der Waals surface area (Å²) in [4.78, 5) is 12.9. The minimum absolute atomic E-state index is 0.120. The van der Waals surface area contributed by atoms with Crippen LogP contribution in [0.2, 0.25) is 0 Å². The molecule has 6 nitrogen and oxygen atoms in total. The number of nitriles is 1. The van der Waals surface area contributed by atoms with E-state index < -0.39 is 22.4 Å². The molecule has 25 heavy (non-hydrogen) atoms. The van der Waals surface area contributed by atoms with Crippen molar-refractivity contribution in [1.29, 1.82) is 5.26 Å². The fourth-order valence-electron chi connectivity index (χ4n) is 2.87. The smallest absolute Gasteiger partial charge is 0.389 e. The number of benzene rings is 1. The second kappa shape index (κ2) is 5.93. The fourth-order valence-corrected chi connectivity index (χ4v) is 3.95. The van der Waals surface area contributed by atoms with Crippen LogP contribution >= 0.6 is 11.3 Å². The lowest BCUT2D eigenvalue weighted by atomic mass is 10.0. The first-order valence-corrected chi connectivity index (χ1v) is 7.94. The highest BCUT2D eigenvalue weighted by molar-refractivity contribution is 7.16. The van der Waals surface area contributed by atoms with E-state index in [0.717, 1.165) is 22.6 Å². The van der Waals surface area contributed by atoms with E-state index in [1.807, 2.05) is 6.07 Å².